The van der Waals surface area contributed by atoms with E-state index in [2.05, 4.69) is 10.5 Å². The first-order valence-electron chi connectivity index (χ1n) is 7.49. The minimum absolute atomic E-state index is 0.0981. The Bertz CT molecular complexity index is 732. The molecule has 1 fully saturated rings. The number of hydrogen-bond donors (Lipinski definition) is 3. The van der Waals surface area contributed by atoms with E-state index in [-0.39, 0.29) is 23.3 Å². The van der Waals surface area contributed by atoms with Crippen LogP contribution >= 0.6 is 0 Å². The SMILES string of the molecule is C/C(=N/NC(=O)C1CCN(S(C)(=O)=O)CC1)c1cc(O)cc(O)c1. The summed E-state index contributed by atoms with van der Waals surface area (Å²) < 4.78 is 24.3. The standard InChI is InChI=1S/C15H21N3O5S/c1-10(12-7-13(19)9-14(20)8-12)16-17-15(21)11-3-5-18(6-4-11)24(2,22)23/h7-9,11,19-20H,3-6H2,1-2H3,(H,17,21)/b16-10-. The van der Waals surface area contributed by atoms with Crippen LogP contribution in [-0.2, 0) is 14.8 Å². The number of phenolic OH excluding ortho intramolecular Hbond substituents is 2. The highest BCUT2D eigenvalue weighted by Gasteiger charge is 2.28. The number of phenols is 2. The molecule has 8 nitrogen and oxygen atoms in total. The van der Waals surface area contributed by atoms with Crippen LogP contribution in [0.1, 0.15) is 25.3 Å². The van der Waals surface area contributed by atoms with Crippen LogP contribution in [0.5, 0.6) is 11.5 Å². The smallest absolute Gasteiger partial charge is 0.243 e. The van der Waals surface area contributed by atoms with Crippen molar-refractivity contribution < 1.29 is 23.4 Å². The highest BCUT2D eigenvalue weighted by atomic mass is 32.2. The number of nitrogens with one attached hydrogen (secondary N) is 1. The maximum Gasteiger partial charge on any atom is 0.243 e. The molecule has 9 heteroatoms. The molecule has 2 rings (SSSR count). The van der Waals surface area contributed by atoms with Gasteiger partial charge < -0.3 is 10.2 Å². The molecule has 0 saturated carbocycles. The Balaban J connectivity index is 1.95. The van der Waals surface area contributed by atoms with Crippen LogP contribution in [0.2, 0.25) is 0 Å². The minimum Gasteiger partial charge on any atom is -0.508 e. The zero-order chi connectivity index (χ0) is 17.9. The number of carbonyl (C=O) groups excluding carboxylic acids is 1. The maximum absolute atomic E-state index is 12.1. The normalized spacial score (nSPS) is 17.7. The van der Waals surface area contributed by atoms with Crippen molar-refractivity contribution in [1.29, 1.82) is 0 Å². The molecule has 1 amide bonds. The molecule has 1 aliphatic heterocycles. The van der Waals surface area contributed by atoms with Gasteiger partial charge in [-0.1, -0.05) is 0 Å². The second kappa shape index (κ2) is 7.18. The van der Waals surface area contributed by atoms with Crippen LogP contribution in [0, 0.1) is 5.92 Å². The van der Waals surface area contributed by atoms with Gasteiger partial charge in [0.15, 0.2) is 0 Å². The molecule has 0 unspecified atom stereocenters. The first-order valence-corrected chi connectivity index (χ1v) is 9.34. The molecule has 1 aromatic carbocycles. The number of hydrogen-bond acceptors (Lipinski definition) is 6. The predicted molar refractivity (Wildman–Crippen MR) is 89.3 cm³/mol. The van der Waals surface area contributed by atoms with E-state index in [0.29, 0.717) is 37.2 Å². The zero-order valence-electron chi connectivity index (χ0n) is 13.6. The molecule has 1 saturated heterocycles. The molecular formula is C15H21N3O5S. The molecule has 0 aliphatic carbocycles. The minimum atomic E-state index is -3.22. The van der Waals surface area contributed by atoms with E-state index in [4.69, 9.17) is 0 Å². The van der Waals surface area contributed by atoms with Crippen LogP contribution in [0.15, 0.2) is 23.3 Å². The average molecular weight is 355 g/mol. The van der Waals surface area contributed by atoms with Gasteiger partial charge >= 0.3 is 0 Å². The molecule has 132 valence electrons. The van der Waals surface area contributed by atoms with Gasteiger partial charge in [0.25, 0.3) is 0 Å². The van der Waals surface area contributed by atoms with Crippen LogP contribution in [0.25, 0.3) is 0 Å². The summed E-state index contributed by atoms with van der Waals surface area (Å²) in [4.78, 5) is 12.1. The van der Waals surface area contributed by atoms with Crippen molar-refractivity contribution in [2.75, 3.05) is 19.3 Å². The van der Waals surface area contributed by atoms with E-state index in [9.17, 15) is 23.4 Å². The lowest BCUT2D eigenvalue weighted by molar-refractivity contribution is -0.126. The quantitative estimate of drug-likeness (QED) is 0.540. The monoisotopic (exact) mass is 355 g/mol. The second-order valence-electron chi connectivity index (χ2n) is 5.85. The Morgan fingerprint density at radius 1 is 1.21 bits per heavy atom. The number of nitrogens with zero attached hydrogens (tertiary/aromatic N) is 2. The van der Waals surface area contributed by atoms with Gasteiger partial charge in [-0.2, -0.15) is 5.10 Å². The highest BCUT2D eigenvalue weighted by molar-refractivity contribution is 7.88. The summed E-state index contributed by atoms with van der Waals surface area (Å²) in [7, 11) is -3.22. The fraction of sp³-hybridized carbons (Fsp3) is 0.467. The Kier molecular flexibility index (Phi) is 5.45. The first-order chi connectivity index (χ1) is 11.2. The van der Waals surface area contributed by atoms with Gasteiger partial charge in [-0.15, -0.1) is 0 Å². The van der Waals surface area contributed by atoms with Gasteiger partial charge in [-0.25, -0.2) is 18.1 Å². The number of amides is 1. The van der Waals surface area contributed by atoms with Crippen LogP contribution in [-0.4, -0.2) is 53.9 Å². The third-order valence-corrected chi connectivity index (χ3v) is 5.25. The van der Waals surface area contributed by atoms with Gasteiger partial charge in [0.1, 0.15) is 11.5 Å². The van der Waals surface area contributed by atoms with Crippen LogP contribution in [0.3, 0.4) is 0 Å². The van der Waals surface area contributed by atoms with E-state index in [0.717, 1.165) is 6.26 Å². The van der Waals surface area contributed by atoms with Gasteiger partial charge in [0.2, 0.25) is 15.9 Å². The predicted octanol–water partition coefficient (Wildman–Crippen LogP) is 0.610. The topological polar surface area (TPSA) is 119 Å². The maximum atomic E-state index is 12.1. The van der Waals surface area contributed by atoms with Gasteiger partial charge in [0, 0.05) is 30.6 Å². The Labute approximate surface area is 140 Å². The van der Waals surface area contributed by atoms with Crippen molar-refractivity contribution in [1.82, 2.24) is 9.73 Å². The number of sulfonamides is 1. The molecule has 1 aromatic rings. The van der Waals surface area contributed by atoms with Crippen molar-refractivity contribution in [3.05, 3.63) is 23.8 Å². The summed E-state index contributed by atoms with van der Waals surface area (Å²) in [6.45, 7) is 2.28. The lowest BCUT2D eigenvalue weighted by Crippen LogP contribution is -2.41. The van der Waals surface area contributed by atoms with Gasteiger partial charge in [-0.05, 0) is 31.9 Å². The summed E-state index contributed by atoms with van der Waals surface area (Å²) in [6, 6.07) is 4.05. The van der Waals surface area contributed by atoms with Crippen molar-refractivity contribution in [2.45, 2.75) is 19.8 Å². The lowest BCUT2D eigenvalue weighted by atomic mass is 9.98. The van der Waals surface area contributed by atoms with Crippen LogP contribution in [0.4, 0.5) is 0 Å². The number of carbonyl (C=O) groups is 1. The number of hydrazone groups is 1. The second-order valence-corrected chi connectivity index (χ2v) is 7.83. The van der Waals surface area contributed by atoms with E-state index in [1.807, 2.05) is 0 Å². The molecule has 0 aromatic heterocycles. The molecule has 1 heterocycles. The van der Waals surface area contributed by atoms with Gasteiger partial charge in [0.05, 0.1) is 12.0 Å². The average Bonchev–Trinajstić information content (AvgIpc) is 2.50. The van der Waals surface area contributed by atoms with E-state index >= 15 is 0 Å². The fourth-order valence-corrected chi connectivity index (χ4v) is 3.42. The molecule has 1 aliphatic rings. The summed E-state index contributed by atoms with van der Waals surface area (Å²) in [6.07, 6.45) is 2.05. The molecular weight excluding hydrogens is 334 g/mol. The van der Waals surface area contributed by atoms with Crippen molar-refractivity contribution in [3.63, 3.8) is 0 Å². The Hall–Kier alpha value is -2.13. The van der Waals surface area contributed by atoms with Crippen LogP contribution < -0.4 is 5.43 Å². The molecule has 0 radical (unpaired) electrons. The number of aromatic hydroxyl groups is 2. The van der Waals surface area contributed by atoms with E-state index in [1.54, 1.807) is 6.92 Å². The summed E-state index contributed by atoms with van der Waals surface area (Å²) in [5.41, 5.74) is 3.38. The molecule has 0 bridgehead atoms. The van der Waals surface area contributed by atoms with Gasteiger partial charge in [-0.3, -0.25) is 4.79 Å². The Morgan fingerprint density at radius 2 is 1.75 bits per heavy atom. The summed E-state index contributed by atoms with van der Waals surface area (Å²) in [5, 5.41) is 22.9. The summed E-state index contributed by atoms with van der Waals surface area (Å²) in [5.74, 6) is -0.762. The number of benzene rings is 1. The summed E-state index contributed by atoms with van der Waals surface area (Å²) >= 11 is 0. The molecule has 0 atom stereocenters. The molecule has 3 N–H and O–H groups in total. The zero-order valence-corrected chi connectivity index (χ0v) is 14.4. The number of rotatable bonds is 4. The first kappa shape index (κ1) is 18.2. The molecule has 0 spiro atoms. The number of piperidine rings is 1. The van der Waals surface area contributed by atoms with E-state index in [1.165, 1.54) is 22.5 Å². The van der Waals surface area contributed by atoms with E-state index < -0.39 is 10.0 Å². The highest BCUT2D eigenvalue weighted by Crippen LogP contribution is 2.21. The third kappa shape index (κ3) is 4.68. The van der Waals surface area contributed by atoms with Crippen molar-refractivity contribution in [2.24, 2.45) is 11.0 Å². The lowest BCUT2D eigenvalue weighted by Gasteiger charge is -2.28. The Morgan fingerprint density at radius 3 is 2.25 bits per heavy atom. The fourth-order valence-electron chi connectivity index (χ4n) is 2.55. The third-order valence-electron chi connectivity index (χ3n) is 3.95. The largest absolute Gasteiger partial charge is 0.508 e. The molecule has 24 heavy (non-hydrogen) atoms. The van der Waals surface area contributed by atoms with Crippen molar-refractivity contribution >= 4 is 21.6 Å². The van der Waals surface area contributed by atoms with Crippen molar-refractivity contribution in [3.8, 4) is 11.5 Å².